The summed E-state index contributed by atoms with van der Waals surface area (Å²) < 4.78 is 3.04. The number of carbonyl (C=O) groups excluding carboxylic acids is 1. The average molecular weight is 445 g/mol. The minimum atomic E-state index is -0.252. The monoisotopic (exact) mass is 443 g/mol. The molecule has 0 aliphatic carbocycles. The number of aryl methyl sites for hydroxylation is 2. The van der Waals surface area contributed by atoms with Crippen LogP contribution >= 0.6 is 27.5 Å². The molecule has 0 radical (unpaired) electrons. The highest BCUT2D eigenvalue weighted by molar-refractivity contribution is 9.10. The SMILES string of the molecule is Cc1ccc(-n2c(C)cc(/C=N\NC(=O)c3ccc(Br)cc3)c2C)cc1Cl. The van der Waals surface area contributed by atoms with Gasteiger partial charge in [0.05, 0.1) is 6.21 Å². The van der Waals surface area contributed by atoms with Crippen molar-refractivity contribution >= 4 is 39.7 Å². The normalized spacial score (nSPS) is 11.1. The number of benzene rings is 2. The highest BCUT2D eigenvalue weighted by Gasteiger charge is 2.11. The van der Waals surface area contributed by atoms with Crippen molar-refractivity contribution < 1.29 is 4.79 Å². The van der Waals surface area contributed by atoms with Crippen LogP contribution in [0.4, 0.5) is 0 Å². The topological polar surface area (TPSA) is 46.4 Å². The maximum absolute atomic E-state index is 12.1. The van der Waals surface area contributed by atoms with Gasteiger partial charge in [-0.25, -0.2) is 5.43 Å². The molecular weight excluding hydrogens is 426 g/mol. The van der Waals surface area contributed by atoms with Gasteiger partial charge < -0.3 is 4.57 Å². The number of aromatic nitrogens is 1. The van der Waals surface area contributed by atoms with Crippen molar-refractivity contribution in [3.8, 4) is 5.69 Å². The Morgan fingerprint density at radius 3 is 2.48 bits per heavy atom. The van der Waals surface area contributed by atoms with E-state index in [9.17, 15) is 4.79 Å². The lowest BCUT2D eigenvalue weighted by Crippen LogP contribution is -2.17. The second kappa shape index (κ2) is 8.11. The summed E-state index contributed by atoms with van der Waals surface area (Å²) in [6.45, 7) is 6.02. The molecule has 27 heavy (non-hydrogen) atoms. The van der Waals surface area contributed by atoms with E-state index in [0.29, 0.717) is 5.56 Å². The minimum Gasteiger partial charge on any atom is -0.318 e. The molecule has 1 aromatic heterocycles. The first-order valence-electron chi connectivity index (χ1n) is 8.41. The summed E-state index contributed by atoms with van der Waals surface area (Å²) >= 11 is 9.62. The first-order chi connectivity index (χ1) is 12.9. The van der Waals surface area contributed by atoms with E-state index in [4.69, 9.17) is 11.6 Å². The van der Waals surface area contributed by atoms with Gasteiger partial charge in [-0.05, 0) is 68.8 Å². The molecule has 0 saturated heterocycles. The molecule has 4 nitrogen and oxygen atoms in total. The van der Waals surface area contributed by atoms with Gasteiger partial charge in [-0.15, -0.1) is 0 Å². The van der Waals surface area contributed by atoms with Gasteiger partial charge in [-0.1, -0.05) is 33.6 Å². The lowest BCUT2D eigenvalue weighted by Gasteiger charge is -2.11. The molecule has 0 aliphatic heterocycles. The van der Waals surface area contributed by atoms with Crippen LogP contribution in [0, 0.1) is 20.8 Å². The molecule has 0 bridgehead atoms. The van der Waals surface area contributed by atoms with Gasteiger partial charge in [0.2, 0.25) is 0 Å². The quantitative estimate of drug-likeness (QED) is 0.414. The summed E-state index contributed by atoms with van der Waals surface area (Å²) in [7, 11) is 0. The molecule has 0 atom stereocenters. The largest absolute Gasteiger partial charge is 0.318 e. The lowest BCUT2D eigenvalue weighted by molar-refractivity contribution is 0.0955. The van der Waals surface area contributed by atoms with Crippen molar-refractivity contribution in [2.24, 2.45) is 5.10 Å². The fourth-order valence-corrected chi connectivity index (χ4v) is 3.30. The molecule has 6 heteroatoms. The third-order valence-corrected chi connectivity index (χ3v) is 5.30. The van der Waals surface area contributed by atoms with E-state index >= 15 is 0 Å². The fraction of sp³-hybridized carbons (Fsp3) is 0.143. The zero-order chi connectivity index (χ0) is 19.6. The van der Waals surface area contributed by atoms with Gasteiger partial charge in [0.25, 0.3) is 5.91 Å². The van der Waals surface area contributed by atoms with Gasteiger partial charge in [0.1, 0.15) is 0 Å². The summed E-state index contributed by atoms with van der Waals surface area (Å²) in [6.07, 6.45) is 1.66. The summed E-state index contributed by atoms with van der Waals surface area (Å²) in [4.78, 5) is 12.1. The van der Waals surface area contributed by atoms with Crippen LogP contribution < -0.4 is 5.43 Å². The Balaban J connectivity index is 1.79. The molecule has 0 unspecified atom stereocenters. The molecule has 0 saturated carbocycles. The van der Waals surface area contributed by atoms with Gasteiger partial charge in [0.15, 0.2) is 0 Å². The number of nitrogens with one attached hydrogen (secondary N) is 1. The number of halogens is 2. The van der Waals surface area contributed by atoms with Crippen LogP contribution in [-0.2, 0) is 0 Å². The number of hydrogen-bond donors (Lipinski definition) is 1. The highest BCUT2D eigenvalue weighted by Crippen LogP contribution is 2.24. The molecular formula is C21H19BrClN3O. The van der Waals surface area contributed by atoms with E-state index in [1.807, 2.05) is 57.2 Å². The predicted molar refractivity (Wildman–Crippen MR) is 114 cm³/mol. The number of amides is 1. The van der Waals surface area contributed by atoms with Crippen molar-refractivity contribution in [1.82, 2.24) is 9.99 Å². The predicted octanol–water partition coefficient (Wildman–Crippen LogP) is 5.58. The van der Waals surface area contributed by atoms with Crippen LogP contribution in [-0.4, -0.2) is 16.7 Å². The number of carbonyl (C=O) groups is 1. The van der Waals surface area contributed by atoms with Crippen LogP contribution in [0.1, 0.15) is 32.9 Å². The molecule has 0 spiro atoms. The van der Waals surface area contributed by atoms with Crippen molar-refractivity contribution in [1.29, 1.82) is 0 Å². The fourth-order valence-electron chi connectivity index (χ4n) is 2.86. The zero-order valence-electron chi connectivity index (χ0n) is 15.3. The van der Waals surface area contributed by atoms with Crippen molar-refractivity contribution in [2.45, 2.75) is 20.8 Å². The molecule has 1 heterocycles. The van der Waals surface area contributed by atoms with E-state index in [1.165, 1.54) is 0 Å². The molecule has 0 fully saturated rings. The van der Waals surface area contributed by atoms with Crippen LogP contribution in [0.5, 0.6) is 0 Å². The Bertz CT molecular complexity index is 1020. The maximum Gasteiger partial charge on any atom is 0.271 e. The van der Waals surface area contributed by atoms with E-state index in [1.54, 1.807) is 18.3 Å². The van der Waals surface area contributed by atoms with Crippen molar-refractivity contribution in [2.75, 3.05) is 0 Å². The van der Waals surface area contributed by atoms with E-state index < -0.39 is 0 Å². The Morgan fingerprint density at radius 2 is 1.81 bits per heavy atom. The Hall–Kier alpha value is -2.37. The molecule has 0 aliphatic rings. The van der Waals surface area contributed by atoms with Crippen LogP contribution in [0.25, 0.3) is 5.69 Å². The van der Waals surface area contributed by atoms with Crippen molar-refractivity contribution in [3.63, 3.8) is 0 Å². The van der Waals surface area contributed by atoms with Crippen LogP contribution in [0.3, 0.4) is 0 Å². The lowest BCUT2D eigenvalue weighted by atomic mass is 10.2. The molecule has 138 valence electrons. The second-order valence-electron chi connectivity index (χ2n) is 6.30. The summed E-state index contributed by atoms with van der Waals surface area (Å²) in [5, 5.41) is 4.84. The summed E-state index contributed by atoms with van der Waals surface area (Å²) in [6, 6.07) is 15.1. The van der Waals surface area contributed by atoms with Crippen molar-refractivity contribution in [3.05, 3.63) is 86.1 Å². The molecule has 2 aromatic carbocycles. The number of rotatable bonds is 4. The summed E-state index contributed by atoms with van der Waals surface area (Å²) in [5.74, 6) is -0.252. The third-order valence-electron chi connectivity index (χ3n) is 4.36. The van der Waals surface area contributed by atoms with Crippen LogP contribution in [0.15, 0.2) is 58.1 Å². The number of nitrogens with zero attached hydrogens (tertiary/aromatic N) is 2. The Kier molecular flexibility index (Phi) is 5.82. The van der Waals surface area contributed by atoms with E-state index in [0.717, 1.165) is 37.7 Å². The molecule has 1 N–H and O–H groups in total. The highest BCUT2D eigenvalue weighted by atomic mass is 79.9. The van der Waals surface area contributed by atoms with Gasteiger partial charge in [-0.3, -0.25) is 4.79 Å². The van der Waals surface area contributed by atoms with Gasteiger partial charge in [0, 0.05) is 37.7 Å². The van der Waals surface area contributed by atoms with Gasteiger partial charge >= 0.3 is 0 Å². The maximum atomic E-state index is 12.1. The van der Waals surface area contributed by atoms with Crippen LogP contribution in [0.2, 0.25) is 5.02 Å². The first-order valence-corrected chi connectivity index (χ1v) is 9.58. The van der Waals surface area contributed by atoms with E-state index in [-0.39, 0.29) is 5.91 Å². The Morgan fingerprint density at radius 1 is 1.11 bits per heavy atom. The first kappa shape index (κ1) is 19.4. The number of hydrogen-bond acceptors (Lipinski definition) is 2. The smallest absolute Gasteiger partial charge is 0.271 e. The second-order valence-corrected chi connectivity index (χ2v) is 7.62. The Labute approximate surface area is 172 Å². The summed E-state index contributed by atoms with van der Waals surface area (Å²) in [5.41, 5.74) is 8.17. The van der Waals surface area contributed by atoms with E-state index in [2.05, 4.69) is 31.0 Å². The van der Waals surface area contributed by atoms with Gasteiger partial charge in [-0.2, -0.15) is 5.10 Å². The number of hydrazone groups is 1. The standard InChI is InChI=1S/C21H19BrClN3O/c1-13-4-9-19(11-20(13)23)26-14(2)10-17(15(26)3)12-24-25-21(27)16-5-7-18(22)8-6-16/h4-12H,1-3H3,(H,25,27)/b24-12-. The molecule has 3 aromatic rings. The third kappa shape index (κ3) is 4.31. The minimum absolute atomic E-state index is 0.252. The average Bonchev–Trinajstić information content (AvgIpc) is 2.92. The zero-order valence-corrected chi connectivity index (χ0v) is 17.6. The molecule has 3 rings (SSSR count). The molecule has 1 amide bonds.